The maximum atomic E-state index is 8.67. The van der Waals surface area contributed by atoms with E-state index in [2.05, 4.69) is 18.0 Å². The van der Waals surface area contributed by atoms with Crippen LogP contribution in [0.15, 0.2) is 30.5 Å². The van der Waals surface area contributed by atoms with Crippen LogP contribution in [0.3, 0.4) is 0 Å². The van der Waals surface area contributed by atoms with Gasteiger partial charge < -0.3 is 0 Å². The molecule has 1 radical (unpaired) electrons. The normalized spacial score (nSPS) is 9.87. The number of hydrogen-bond acceptors (Lipinski definition) is 3. The fourth-order valence-corrected chi connectivity index (χ4v) is 2.09. The highest BCUT2D eigenvalue weighted by molar-refractivity contribution is 7.15. The Hall–Kier alpha value is -1.66. The van der Waals surface area contributed by atoms with Gasteiger partial charge in [0, 0.05) is 6.20 Å². The lowest BCUT2D eigenvalue weighted by molar-refractivity contribution is 1.19. The Morgan fingerprint density at radius 1 is 1.33 bits per heavy atom. The fraction of sp³-hybridized carbons (Fsp3) is 0.0833. The van der Waals surface area contributed by atoms with Gasteiger partial charge in [0.25, 0.3) is 0 Å². The summed E-state index contributed by atoms with van der Waals surface area (Å²) in [5.74, 6) is 0. The maximum Gasteiger partial charge on any atom is 0.0991 e. The standard InChI is InChI=1S/C12H9N2S/c1-2-12-14-8-11(15-12)10-5-3-9(7-13)4-6-10/h3-6,8H,1-2H2. The van der Waals surface area contributed by atoms with Crippen molar-refractivity contribution >= 4 is 11.3 Å². The maximum absolute atomic E-state index is 8.67. The summed E-state index contributed by atoms with van der Waals surface area (Å²) in [5.41, 5.74) is 1.78. The van der Waals surface area contributed by atoms with E-state index in [-0.39, 0.29) is 0 Å². The molecule has 1 aromatic carbocycles. The molecule has 0 bridgehead atoms. The Bertz CT molecular complexity index is 491. The molecule has 2 aromatic rings. The summed E-state index contributed by atoms with van der Waals surface area (Å²) in [4.78, 5) is 5.37. The third-order valence-corrected chi connectivity index (χ3v) is 3.17. The van der Waals surface area contributed by atoms with Gasteiger partial charge in [-0.2, -0.15) is 5.26 Å². The van der Waals surface area contributed by atoms with Crippen LogP contribution >= 0.6 is 11.3 Å². The molecule has 0 aliphatic heterocycles. The van der Waals surface area contributed by atoms with E-state index in [0.29, 0.717) is 5.56 Å². The zero-order chi connectivity index (χ0) is 10.7. The van der Waals surface area contributed by atoms with Crippen LogP contribution in [-0.2, 0) is 6.42 Å². The highest BCUT2D eigenvalue weighted by Crippen LogP contribution is 2.26. The molecule has 0 aliphatic rings. The fourth-order valence-electron chi connectivity index (χ4n) is 1.27. The summed E-state index contributed by atoms with van der Waals surface area (Å²) in [7, 11) is 0. The number of nitriles is 1. The average molecular weight is 213 g/mol. The second-order valence-corrected chi connectivity index (χ2v) is 4.17. The van der Waals surface area contributed by atoms with Crippen molar-refractivity contribution in [2.75, 3.05) is 0 Å². The van der Waals surface area contributed by atoms with Crippen molar-refractivity contribution in [2.45, 2.75) is 6.42 Å². The Morgan fingerprint density at radius 3 is 2.60 bits per heavy atom. The van der Waals surface area contributed by atoms with Gasteiger partial charge in [-0.1, -0.05) is 12.1 Å². The van der Waals surface area contributed by atoms with E-state index in [1.165, 1.54) is 0 Å². The molecule has 0 saturated carbocycles. The van der Waals surface area contributed by atoms with Crippen molar-refractivity contribution in [3.8, 4) is 16.5 Å². The highest BCUT2D eigenvalue weighted by atomic mass is 32.1. The monoisotopic (exact) mass is 213 g/mol. The van der Waals surface area contributed by atoms with E-state index in [4.69, 9.17) is 5.26 Å². The smallest absolute Gasteiger partial charge is 0.0991 e. The Labute approximate surface area is 92.8 Å². The molecule has 0 amide bonds. The zero-order valence-electron chi connectivity index (χ0n) is 8.10. The SMILES string of the molecule is [CH2]Cc1ncc(-c2ccc(C#N)cc2)s1. The third-order valence-electron chi connectivity index (χ3n) is 2.07. The topological polar surface area (TPSA) is 36.7 Å². The molecule has 3 heteroatoms. The van der Waals surface area contributed by atoms with Crippen molar-refractivity contribution < 1.29 is 0 Å². The third kappa shape index (κ3) is 2.05. The molecule has 15 heavy (non-hydrogen) atoms. The van der Waals surface area contributed by atoms with E-state index in [1.807, 2.05) is 30.5 Å². The summed E-state index contributed by atoms with van der Waals surface area (Å²) >= 11 is 1.64. The number of nitrogens with zero attached hydrogens (tertiary/aromatic N) is 2. The molecule has 2 rings (SSSR count). The minimum Gasteiger partial charge on any atom is -0.249 e. The van der Waals surface area contributed by atoms with Crippen LogP contribution in [0.4, 0.5) is 0 Å². The Kier molecular flexibility index (Phi) is 2.79. The van der Waals surface area contributed by atoms with Gasteiger partial charge in [-0.05, 0) is 31.0 Å². The van der Waals surface area contributed by atoms with Crippen LogP contribution in [-0.4, -0.2) is 4.98 Å². The molecule has 0 spiro atoms. The van der Waals surface area contributed by atoms with Crippen molar-refractivity contribution in [3.05, 3.63) is 48.0 Å². The summed E-state index contributed by atoms with van der Waals surface area (Å²) in [6.07, 6.45) is 2.58. The van der Waals surface area contributed by atoms with Gasteiger partial charge in [0.05, 0.1) is 21.5 Å². The van der Waals surface area contributed by atoms with Crippen molar-refractivity contribution in [3.63, 3.8) is 0 Å². The van der Waals surface area contributed by atoms with Gasteiger partial charge >= 0.3 is 0 Å². The van der Waals surface area contributed by atoms with Crippen LogP contribution in [0.2, 0.25) is 0 Å². The first-order chi connectivity index (χ1) is 7.33. The highest BCUT2D eigenvalue weighted by Gasteiger charge is 2.02. The van der Waals surface area contributed by atoms with Gasteiger partial charge in [-0.25, -0.2) is 4.98 Å². The van der Waals surface area contributed by atoms with E-state index >= 15 is 0 Å². The van der Waals surface area contributed by atoms with Gasteiger partial charge in [0.1, 0.15) is 0 Å². The number of benzene rings is 1. The largest absolute Gasteiger partial charge is 0.249 e. The van der Waals surface area contributed by atoms with Crippen molar-refractivity contribution in [2.24, 2.45) is 0 Å². The molecule has 73 valence electrons. The molecule has 0 fully saturated rings. The van der Waals surface area contributed by atoms with Crippen LogP contribution in [0.1, 0.15) is 10.6 Å². The number of aromatic nitrogens is 1. The molecule has 0 atom stereocenters. The lowest BCUT2D eigenvalue weighted by atomic mass is 10.1. The predicted molar refractivity (Wildman–Crippen MR) is 61.3 cm³/mol. The summed E-state index contributed by atoms with van der Waals surface area (Å²) in [6, 6.07) is 9.62. The van der Waals surface area contributed by atoms with Gasteiger partial charge in [0.2, 0.25) is 0 Å². The van der Waals surface area contributed by atoms with Gasteiger partial charge in [-0.15, -0.1) is 11.3 Å². The van der Waals surface area contributed by atoms with Crippen molar-refractivity contribution in [1.82, 2.24) is 4.98 Å². The van der Waals surface area contributed by atoms with E-state index in [1.54, 1.807) is 11.3 Å². The molecule has 1 heterocycles. The van der Waals surface area contributed by atoms with E-state index < -0.39 is 0 Å². The first-order valence-electron chi connectivity index (χ1n) is 4.58. The summed E-state index contributed by atoms with van der Waals surface area (Å²) in [6.45, 7) is 3.80. The Balaban J connectivity index is 2.33. The zero-order valence-corrected chi connectivity index (χ0v) is 8.92. The average Bonchev–Trinajstić information content (AvgIpc) is 2.78. The minimum atomic E-state index is 0.681. The molecule has 0 N–H and O–H groups in total. The van der Waals surface area contributed by atoms with Crippen LogP contribution < -0.4 is 0 Å². The first-order valence-corrected chi connectivity index (χ1v) is 5.39. The van der Waals surface area contributed by atoms with E-state index in [9.17, 15) is 0 Å². The molecule has 2 nitrogen and oxygen atoms in total. The molecule has 0 aliphatic carbocycles. The molecule has 1 aromatic heterocycles. The second-order valence-electron chi connectivity index (χ2n) is 3.06. The molecular formula is C12H9N2S. The van der Waals surface area contributed by atoms with Gasteiger partial charge in [0.15, 0.2) is 0 Å². The summed E-state index contributed by atoms with van der Waals surface area (Å²) in [5, 5.41) is 9.71. The predicted octanol–water partition coefficient (Wildman–Crippen LogP) is 3.06. The molecule has 0 unspecified atom stereocenters. The van der Waals surface area contributed by atoms with Crippen LogP contribution in [0, 0.1) is 18.3 Å². The van der Waals surface area contributed by atoms with Crippen molar-refractivity contribution in [1.29, 1.82) is 5.26 Å². The van der Waals surface area contributed by atoms with Gasteiger partial charge in [-0.3, -0.25) is 0 Å². The van der Waals surface area contributed by atoms with Crippen LogP contribution in [0.5, 0.6) is 0 Å². The quantitative estimate of drug-likeness (QED) is 0.768. The second kappa shape index (κ2) is 4.24. The number of rotatable bonds is 2. The summed E-state index contributed by atoms with van der Waals surface area (Å²) < 4.78 is 0. The number of thiazole rings is 1. The molecule has 0 saturated heterocycles. The van der Waals surface area contributed by atoms with E-state index in [0.717, 1.165) is 21.9 Å². The lowest BCUT2D eigenvalue weighted by Gasteiger charge is -1.95. The first kappa shape index (κ1) is 9.88. The number of hydrogen-bond donors (Lipinski definition) is 0. The molecular weight excluding hydrogens is 204 g/mol. The Morgan fingerprint density at radius 2 is 2.07 bits per heavy atom. The van der Waals surface area contributed by atoms with Crippen LogP contribution in [0.25, 0.3) is 10.4 Å². The lowest BCUT2D eigenvalue weighted by Crippen LogP contribution is -1.74. The minimum absolute atomic E-state index is 0.681.